The van der Waals surface area contributed by atoms with Gasteiger partial charge in [-0.15, -0.1) is 4.40 Å². The molecule has 0 amide bonds. The van der Waals surface area contributed by atoms with Crippen LogP contribution in [-0.2, 0) is 10.0 Å². The minimum Gasteiger partial charge on any atom is -0.495 e. The molecule has 96 valence electrons. The average molecular weight is 269 g/mol. The Morgan fingerprint density at radius 2 is 2.22 bits per heavy atom. The van der Waals surface area contributed by atoms with Gasteiger partial charge in [0.15, 0.2) is 6.19 Å². The van der Waals surface area contributed by atoms with Gasteiger partial charge in [0.1, 0.15) is 5.75 Å². The molecule has 0 fully saturated rings. The summed E-state index contributed by atoms with van der Waals surface area (Å²) in [7, 11) is -2.61. The third-order valence-corrected chi connectivity index (χ3v) is 3.19. The Morgan fingerprint density at radius 1 is 1.56 bits per heavy atom. The zero-order valence-electron chi connectivity index (χ0n) is 9.41. The molecule has 0 saturated heterocycles. The van der Waals surface area contributed by atoms with Gasteiger partial charge in [-0.25, -0.2) is 0 Å². The van der Waals surface area contributed by atoms with Crippen LogP contribution in [0.4, 0.5) is 5.69 Å². The fraction of sp³-hybridized carbons (Fsp3) is 0.111. The minimum absolute atomic E-state index is 0.150. The molecular weight excluding hydrogens is 258 g/mol. The van der Waals surface area contributed by atoms with E-state index in [1.807, 2.05) is 5.32 Å². The quantitative estimate of drug-likeness (QED) is 0.217. The molecule has 1 aromatic carbocycles. The summed E-state index contributed by atoms with van der Waals surface area (Å²) in [6.45, 7) is 0. The summed E-state index contributed by atoms with van der Waals surface area (Å²) in [6.07, 6.45) is 1.46. The maximum absolute atomic E-state index is 11.8. The lowest BCUT2D eigenvalue weighted by atomic mass is 10.3. The van der Waals surface area contributed by atoms with E-state index in [0.717, 1.165) is 0 Å². The van der Waals surface area contributed by atoms with Gasteiger partial charge in [0.05, 0.1) is 17.7 Å². The van der Waals surface area contributed by atoms with Crippen LogP contribution in [0.25, 0.3) is 0 Å². The number of nitriles is 1. The lowest BCUT2D eigenvalue weighted by Crippen LogP contribution is -2.28. The second kappa shape index (κ2) is 5.24. The smallest absolute Gasteiger partial charge is 0.285 e. The number of benzene rings is 1. The van der Waals surface area contributed by atoms with Crippen molar-refractivity contribution in [3.05, 3.63) is 18.2 Å². The first-order valence-electron chi connectivity index (χ1n) is 4.60. The number of nitrogens with zero attached hydrogens (tertiary/aromatic N) is 2. The number of rotatable bonds is 3. The monoisotopic (exact) mass is 269 g/mol. The van der Waals surface area contributed by atoms with Crippen molar-refractivity contribution in [2.75, 3.05) is 12.8 Å². The van der Waals surface area contributed by atoms with Crippen LogP contribution in [0.3, 0.4) is 0 Å². The Labute approximate surface area is 104 Å². The van der Waals surface area contributed by atoms with Crippen LogP contribution in [0.1, 0.15) is 0 Å². The summed E-state index contributed by atoms with van der Waals surface area (Å²) >= 11 is 0. The van der Waals surface area contributed by atoms with Crippen molar-refractivity contribution in [1.29, 1.82) is 5.26 Å². The van der Waals surface area contributed by atoms with Crippen LogP contribution in [0, 0.1) is 11.5 Å². The van der Waals surface area contributed by atoms with Gasteiger partial charge in [-0.2, -0.15) is 13.7 Å². The molecule has 9 heteroatoms. The summed E-state index contributed by atoms with van der Waals surface area (Å²) in [5.41, 5.74) is 10.9. The highest BCUT2D eigenvalue weighted by Gasteiger charge is 2.15. The van der Waals surface area contributed by atoms with Gasteiger partial charge >= 0.3 is 0 Å². The molecule has 1 rings (SSSR count). The molecule has 8 nitrogen and oxygen atoms in total. The van der Waals surface area contributed by atoms with Crippen LogP contribution >= 0.6 is 0 Å². The van der Waals surface area contributed by atoms with E-state index in [2.05, 4.69) is 4.40 Å². The maximum Gasteiger partial charge on any atom is 0.285 e. The molecule has 0 unspecified atom stereocenters. The summed E-state index contributed by atoms with van der Waals surface area (Å²) in [6, 6.07) is 3.86. The largest absolute Gasteiger partial charge is 0.495 e. The number of nitrogens with two attached hydrogens (primary N) is 2. The van der Waals surface area contributed by atoms with Crippen molar-refractivity contribution in [2.45, 2.75) is 4.90 Å². The normalized spacial score (nSPS) is 11.7. The molecule has 0 heterocycles. The Morgan fingerprint density at radius 3 is 2.72 bits per heavy atom. The van der Waals surface area contributed by atoms with Gasteiger partial charge in [0.2, 0.25) is 5.96 Å². The first-order chi connectivity index (χ1) is 8.40. The molecule has 0 aliphatic heterocycles. The van der Waals surface area contributed by atoms with E-state index in [4.69, 9.17) is 21.5 Å². The lowest BCUT2D eigenvalue weighted by Gasteiger charge is -2.06. The van der Waals surface area contributed by atoms with Crippen molar-refractivity contribution >= 4 is 21.7 Å². The Bertz CT molecular complexity index is 618. The molecule has 5 N–H and O–H groups in total. The van der Waals surface area contributed by atoms with Gasteiger partial charge in [0.25, 0.3) is 10.0 Å². The molecular formula is C9H11N5O3S. The number of ether oxygens (including phenoxy) is 1. The van der Waals surface area contributed by atoms with Crippen molar-refractivity contribution in [3.8, 4) is 11.9 Å². The number of guanidine groups is 1. The topological polar surface area (TPSA) is 144 Å². The highest BCUT2D eigenvalue weighted by molar-refractivity contribution is 7.90. The van der Waals surface area contributed by atoms with Gasteiger partial charge in [-0.1, -0.05) is 0 Å². The predicted molar refractivity (Wildman–Crippen MR) is 65.0 cm³/mol. The minimum atomic E-state index is -4.02. The highest BCUT2D eigenvalue weighted by Crippen LogP contribution is 2.25. The van der Waals surface area contributed by atoms with E-state index in [9.17, 15) is 8.42 Å². The number of sulfonamides is 1. The Balaban J connectivity index is 3.18. The number of anilines is 1. The summed E-state index contributed by atoms with van der Waals surface area (Å²) < 4.78 is 31.6. The first kappa shape index (κ1) is 13.6. The second-order valence-electron chi connectivity index (χ2n) is 3.09. The van der Waals surface area contributed by atoms with E-state index in [-0.39, 0.29) is 10.6 Å². The maximum atomic E-state index is 11.8. The van der Waals surface area contributed by atoms with E-state index in [1.165, 1.54) is 31.5 Å². The summed E-state index contributed by atoms with van der Waals surface area (Å²) in [5, 5.41) is 10.2. The second-order valence-corrected chi connectivity index (χ2v) is 4.70. The van der Waals surface area contributed by atoms with Gasteiger partial charge in [0, 0.05) is 0 Å². The lowest BCUT2D eigenvalue weighted by molar-refractivity contribution is 0.416. The SMILES string of the molecule is COc1ccc(S(=O)(=O)/N=C(\N)NC#N)cc1N. The highest BCUT2D eigenvalue weighted by atomic mass is 32.2. The molecule has 18 heavy (non-hydrogen) atoms. The van der Waals surface area contributed by atoms with E-state index < -0.39 is 16.0 Å². The Kier molecular flexibility index (Phi) is 3.96. The molecule has 0 saturated carbocycles. The van der Waals surface area contributed by atoms with Crippen molar-refractivity contribution in [1.82, 2.24) is 5.32 Å². The fourth-order valence-electron chi connectivity index (χ4n) is 1.14. The van der Waals surface area contributed by atoms with Crippen molar-refractivity contribution in [3.63, 3.8) is 0 Å². The van der Waals surface area contributed by atoms with Crippen LogP contribution < -0.4 is 21.5 Å². The van der Waals surface area contributed by atoms with E-state index in [1.54, 1.807) is 0 Å². The van der Waals surface area contributed by atoms with Crippen molar-refractivity contribution < 1.29 is 13.2 Å². The van der Waals surface area contributed by atoms with Gasteiger partial charge in [-0.3, -0.25) is 5.32 Å². The molecule has 0 aliphatic rings. The number of nitrogens with one attached hydrogen (secondary N) is 1. The molecule has 0 radical (unpaired) electrons. The number of hydrogen-bond donors (Lipinski definition) is 3. The number of hydrogen-bond acceptors (Lipinski definition) is 5. The van der Waals surface area contributed by atoms with Gasteiger partial charge < -0.3 is 16.2 Å². The van der Waals surface area contributed by atoms with Crippen LogP contribution in [-0.4, -0.2) is 21.5 Å². The first-order valence-corrected chi connectivity index (χ1v) is 6.04. The summed E-state index contributed by atoms with van der Waals surface area (Å²) in [5.74, 6) is -0.173. The molecule has 0 aromatic heterocycles. The third-order valence-electron chi connectivity index (χ3n) is 1.90. The molecule has 0 atom stereocenters. The van der Waals surface area contributed by atoms with Gasteiger partial charge in [-0.05, 0) is 18.2 Å². The molecule has 0 aliphatic carbocycles. The van der Waals surface area contributed by atoms with Crippen LogP contribution in [0.15, 0.2) is 27.5 Å². The molecule has 0 bridgehead atoms. The van der Waals surface area contributed by atoms with E-state index in [0.29, 0.717) is 5.75 Å². The summed E-state index contributed by atoms with van der Waals surface area (Å²) in [4.78, 5) is -0.150. The molecule has 1 aromatic rings. The van der Waals surface area contributed by atoms with Crippen LogP contribution in [0.5, 0.6) is 5.75 Å². The Hall–Kier alpha value is -2.47. The molecule has 0 spiro atoms. The number of nitrogen functional groups attached to an aromatic ring is 1. The fourth-order valence-corrected chi connectivity index (χ4v) is 2.06. The third kappa shape index (κ3) is 3.02. The zero-order valence-corrected chi connectivity index (χ0v) is 10.2. The zero-order chi connectivity index (χ0) is 13.8. The number of methoxy groups -OCH3 is 1. The van der Waals surface area contributed by atoms with E-state index >= 15 is 0 Å². The van der Waals surface area contributed by atoms with Crippen LogP contribution in [0.2, 0.25) is 0 Å². The standard InChI is InChI=1S/C9H11N5O3S/c1-17-8-3-2-6(4-7(8)11)18(15,16)14-9(12)13-5-10/h2-4H,11H2,1H3,(H3,12,13,14). The predicted octanol–water partition coefficient (Wildman–Crippen LogP) is -0.649. The van der Waals surface area contributed by atoms with Crippen molar-refractivity contribution in [2.24, 2.45) is 10.1 Å². The average Bonchev–Trinajstić information content (AvgIpc) is 2.28.